The first-order valence-corrected chi connectivity index (χ1v) is 8.52. The molecule has 1 amide bonds. The second kappa shape index (κ2) is 8.11. The van der Waals surface area contributed by atoms with Gasteiger partial charge in [-0.15, -0.1) is 0 Å². The van der Waals surface area contributed by atoms with E-state index < -0.39 is 0 Å². The zero-order valence-electron chi connectivity index (χ0n) is 15.4. The topological polar surface area (TPSA) is 32.3 Å². The van der Waals surface area contributed by atoms with E-state index in [1.807, 2.05) is 32.0 Å². The largest absolute Gasteiger partial charge is 0.324 e. The molecule has 3 heteroatoms. The Labute approximate surface area is 145 Å². The molecule has 0 fully saturated rings. The zero-order chi connectivity index (χ0) is 17.7. The average molecular weight is 324 g/mol. The van der Waals surface area contributed by atoms with Crippen molar-refractivity contribution < 1.29 is 4.79 Å². The molecule has 0 heterocycles. The molecule has 0 aromatic heterocycles. The molecule has 3 nitrogen and oxygen atoms in total. The number of hydrogen-bond acceptors (Lipinski definition) is 2. The number of hydrogen-bond donors (Lipinski definition) is 1. The average Bonchev–Trinajstić information content (AvgIpc) is 2.51. The molecule has 0 aliphatic heterocycles. The molecule has 0 bridgehead atoms. The van der Waals surface area contributed by atoms with Gasteiger partial charge < -0.3 is 5.32 Å². The van der Waals surface area contributed by atoms with Gasteiger partial charge in [0.1, 0.15) is 0 Å². The number of carbonyl (C=O) groups excluding carboxylic acids is 1. The van der Waals surface area contributed by atoms with Crippen molar-refractivity contribution in [3.63, 3.8) is 0 Å². The molecule has 1 N–H and O–H groups in total. The summed E-state index contributed by atoms with van der Waals surface area (Å²) in [6.07, 6.45) is 0. The van der Waals surface area contributed by atoms with Crippen LogP contribution in [0.15, 0.2) is 42.5 Å². The summed E-state index contributed by atoms with van der Waals surface area (Å²) in [5.74, 6) is 0.0367. The van der Waals surface area contributed by atoms with Gasteiger partial charge in [0.15, 0.2) is 0 Å². The predicted molar refractivity (Wildman–Crippen MR) is 101 cm³/mol. The lowest BCUT2D eigenvalue weighted by atomic mass is 10.1. The Morgan fingerprint density at radius 3 is 2.17 bits per heavy atom. The van der Waals surface area contributed by atoms with Gasteiger partial charge >= 0.3 is 0 Å². The van der Waals surface area contributed by atoms with Crippen LogP contribution in [-0.4, -0.2) is 23.4 Å². The van der Waals surface area contributed by atoms with Crippen LogP contribution in [0.2, 0.25) is 0 Å². The first-order chi connectivity index (χ1) is 11.4. The summed E-state index contributed by atoms with van der Waals surface area (Å²) >= 11 is 0. The van der Waals surface area contributed by atoms with Gasteiger partial charge in [0.05, 0.1) is 6.54 Å². The molecule has 2 aromatic carbocycles. The van der Waals surface area contributed by atoms with Gasteiger partial charge in [-0.25, -0.2) is 0 Å². The summed E-state index contributed by atoms with van der Waals surface area (Å²) in [6, 6.07) is 14.8. The van der Waals surface area contributed by atoms with Crippen LogP contribution in [0.1, 0.15) is 36.1 Å². The van der Waals surface area contributed by atoms with Crippen molar-refractivity contribution in [2.45, 2.75) is 47.2 Å². The van der Waals surface area contributed by atoms with Crippen LogP contribution in [-0.2, 0) is 11.3 Å². The molecule has 0 saturated carbocycles. The summed E-state index contributed by atoms with van der Waals surface area (Å²) in [7, 11) is 0. The smallest absolute Gasteiger partial charge is 0.238 e. The second-order valence-corrected chi connectivity index (χ2v) is 6.81. The number of carbonyl (C=O) groups is 1. The molecule has 0 unspecified atom stereocenters. The van der Waals surface area contributed by atoms with Crippen LogP contribution >= 0.6 is 0 Å². The van der Waals surface area contributed by atoms with Gasteiger partial charge in [0.25, 0.3) is 0 Å². The lowest BCUT2D eigenvalue weighted by molar-refractivity contribution is -0.117. The van der Waals surface area contributed by atoms with Crippen LogP contribution in [0, 0.1) is 20.8 Å². The number of aryl methyl sites for hydroxylation is 3. The number of amides is 1. The van der Waals surface area contributed by atoms with E-state index >= 15 is 0 Å². The summed E-state index contributed by atoms with van der Waals surface area (Å²) in [6.45, 7) is 11.6. The standard InChI is InChI=1S/C21H28N2O/c1-15(2)23(13-19-9-7-6-8-10-19)14-20(24)22-21-17(4)11-16(3)12-18(21)5/h6-12,15H,13-14H2,1-5H3,(H,22,24). The van der Waals surface area contributed by atoms with Crippen molar-refractivity contribution in [3.8, 4) is 0 Å². The van der Waals surface area contributed by atoms with E-state index in [2.05, 4.69) is 55.3 Å². The minimum atomic E-state index is 0.0367. The fraction of sp³-hybridized carbons (Fsp3) is 0.381. The molecule has 0 aliphatic carbocycles. The molecule has 24 heavy (non-hydrogen) atoms. The molecule has 0 aliphatic rings. The SMILES string of the molecule is Cc1cc(C)c(NC(=O)CN(Cc2ccccc2)C(C)C)c(C)c1. The van der Waals surface area contributed by atoms with Crippen LogP contribution in [0.25, 0.3) is 0 Å². The van der Waals surface area contributed by atoms with Crippen LogP contribution in [0.4, 0.5) is 5.69 Å². The van der Waals surface area contributed by atoms with E-state index in [-0.39, 0.29) is 5.91 Å². The van der Waals surface area contributed by atoms with Gasteiger partial charge in [-0.05, 0) is 51.3 Å². The molecule has 0 saturated heterocycles. The Morgan fingerprint density at radius 2 is 1.62 bits per heavy atom. The van der Waals surface area contributed by atoms with Gasteiger partial charge in [0, 0.05) is 18.3 Å². The van der Waals surface area contributed by atoms with Crippen LogP contribution < -0.4 is 5.32 Å². The van der Waals surface area contributed by atoms with Crippen molar-refractivity contribution in [2.24, 2.45) is 0 Å². The van der Waals surface area contributed by atoms with Crippen LogP contribution in [0.5, 0.6) is 0 Å². The van der Waals surface area contributed by atoms with Crippen molar-refractivity contribution in [2.75, 3.05) is 11.9 Å². The Bertz CT molecular complexity index is 669. The van der Waals surface area contributed by atoms with Crippen LogP contribution in [0.3, 0.4) is 0 Å². The normalized spacial score (nSPS) is 11.1. The fourth-order valence-electron chi connectivity index (χ4n) is 2.98. The highest BCUT2D eigenvalue weighted by molar-refractivity contribution is 5.93. The highest BCUT2D eigenvalue weighted by Gasteiger charge is 2.16. The van der Waals surface area contributed by atoms with E-state index in [0.717, 1.165) is 23.4 Å². The summed E-state index contributed by atoms with van der Waals surface area (Å²) in [4.78, 5) is 14.7. The Kier molecular flexibility index (Phi) is 6.16. The number of anilines is 1. The lowest BCUT2D eigenvalue weighted by Crippen LogP contribution is -2.37. The number of nitrogens with one attached hydrogen (secondary N) is 1. The number of nitrogens with zero attached hydrogens (tertiary/aromatic N) is 1. The van der Waals surface area contributed by atoms with E-state index in [4.69, 9.17) is 0 Å². The number of benzene rings is 2. The third-order valence-electron chi connectivity index (χ3n) is 4.25. The third-order valence-corrected chi connectivity index (χ3v) is 4.25. The maximum atomic E-state index is 12.6. The van der Waals surface area contributed by atoms with Crippen molar-refractivity contribution in [3.05, 3.63) is 64.7 Å². The van der Waals surface area contributed by atoms with Crippen molar-refractivity contribution >= 4 is 11.6 Å². The molecule has 2 rings (SSSR count). The maximum Gasteiger partial charge on any atom is 0.238 e. The monoisotopic (exact) mass is 324 g/mol. The summed E-state index contributed by atoms with van der Waals surface area (Å²) in [5.41, 5.74) is 5.60. The van der Waals surface area contributed by atoms with E-state index in [0.29, 0.717) is 12.6 Å². The number of rotatable bonds is 6. The highest BCUT2D eigenvalue weighted by Crippen LogP contribution is 2.22. The third kappa shape index (κ3) is 4.93. The molecule has 128 valence electrons. The Morgan fingerprint density at radius 1 is 1.04 bits per heavy atom. The van der Waals surface area contributed by atoms with Crippen molar-refractivity contribution in [1.29, 1.82) is 0 Å². The molecule has 0 spiro atoms. The van der Waals surface area contributed by atoms with Gasteiger partial charge in [0.2, 0.25) is 5.91 Å². The van der Waals surface area contributed by atoms with E-state index in [9.17, 15) is 4.79 Å². The molecular weight excluding hydrogens is 296 g/mol. The van der Waals surface area contributed by atoms with Gasteiger partial charge in [-0.1, -0.05) is 48.0 Å². The molecule has 2 aromatic rings. The molecule has 0 atom stereocenters. The van der Waals surface area contributed by atoms with E-state index in [1.54, 1.807) is 0 Å². The Balaban J connectivity index is 2.06. The van der Waals surface area contributed by atoms with Gasteiger partial charge in [-0.2, -0.15) is 0 Å². The predicted octanol–water partition coefficient (Wildman–Crippen LogP) is 4.46. The maximum absolute atomic E-state index is 12.6. The molecule has 0 radical (unpaired) electrons. The first-order valence-electron chi connectivity index (χ1n) is 8.52. The van der Waals surface area contributed by atoms with Gasteiger partial charge in [-0.3, -0.25) is 9.69 Å². The Hall–Kier alpha value is -2.13. The summed E-state index contributed by atoms with van der Waals surface area (Å²) < 4.78 is 0. The first kappa shape index (κ1) is 18.2. The van der Waals surface area contributed by atoms with E-state index in [1.165, 1.54) is 11.1 Å². The minimum Gasteiger partial charge on any atom is -0.324 e. The minimum absolute atomic E-state index is 0.0367. The summed E-state index contributed by atoms with van der Waals surface area (Å²) in [5, 5.41) is 3.10. The second-order valence-electron chi connectivity index (χ2n) is 6.81. The molecular formula is C21H28N2O. The lowest BCUT2D eigenvalue weighted by Gasteiger charge is -2.26. The highest BCUT2D eigenvalue weighted by atomic mass is 16.2. The zero-order valence-corrected chi connectivity index (χ0v) is 15.4. The van der Waals surface area contributed by atoms with Crippen molar-refractivity contribution in [1.82, 2.24) is 4.90 Å². The quantitative estimate of drug-likeness (QED) is 0.851. The fourth-order valence-corrected chi connectivity index (χ4v) is 2.98.